The molecule has 0 radical (unpaired) electrons. The molecule has 3 unspecified atom stereocenters. The fraction of sp³-hybridized carbons (Fsp3) is 0.533. The summed E-state index contributed by atoms with van der Waals surface area (Å²) in [5, 5.41) is 22.0. The van der Waals surface area contributed by atoms with Crippen LogP contribution in [0, 0.1) is 22.0 Å². The Morgan fingerprint density at radius 2 is 2.19 bits per heavy atom. The lowest BCUT2D eigenvalue weighted by molar-refractivity contribution is -0.386. The maximum absolute atomic E-state index is 11.1. The average Bonchev–Trinajstić information content (AvgIpc) is 2.97. The highest BCUT2D eigenvalue weighted by molar-refractivity contribution is 5.87. The Balaban J connectivity index is 1.95. The molecule has 0 aromatic heterocycles. The minimum Gasteiger partial charge on any atom is -0.545 e. The van der Waals surface area contributed by atoms with Crippen LogP contribution in [0.3, 0.4) is 0 Å². The van der Waals surface area contributed by atoms with E-state index in [0.717, 1.165) is 25.3 Å². The molecule has 2 saturated carbocycles. The van der Waals surface area contributed by atoms with E-state index in [0.29, 0.717) is 11.8 Å². The van der Waals surface area contributed by atoms with Crippen LogP contribution in [-0.2, 0) is 0 Å². The number of carboxylic acids is 1. The van der Waals surface area contributed by atoms with Gasteiger partial charge in [0.1, 0.15) is 5.60 Å². The van der Waals surface area contributed by atoms with Crippen LogP contribution < -0.4 is 9.84 Å². The van der Waals surface area contributed by atoms with E-state index in [2.05, 4.69) is 0 Å². The molecule has 0 N–H and O–H groups in total. The second-order valence-corrected chi connectivity index (χ2v) is 6.22. The van der Waals surface area contributed by atoms with Gasteiger partial charge in [0.2, 0.25) is 0 Å². The Kier molecular flexibility index (Phi) is 3.11. The summed E-state index contributed by atoms with van der Waals surface area (Å²) in [6.45, 7) is 1.96. The molecule has 3 rings (SSSR count). The van der Waals surface area contributed by atoms with E-state index in [-0.39, 0.29) is 17.0 Å². The average molecular weight is 290 g/mol. The SMILES string of the molecule is CC1(Oc2cc(C(=O)[O-])ccc2[N+](=O)[O-])CC2CCC1C2. The number of ether oxygens (including phenoxy) is 1. The maximum Gasteiger partial charge on any atom is 0.310 e. The smallest absolute Gasteiger partial charge is 0.310 e. The summed E-state index contributed by atoms with van der Waals surface area (Å²) < 4.78 is 5.95. The molecule has 6 nitrogen and oxygen atoms in total. The number of aromatic carboxylic acids is 1. The molecule has 1 aromatic carbocycles. The first kappa shape index (κ1) is 13.9. The third kappa shape index (κ3) is 2.34. The van der Waals surface area contributed by atoms with Gasteiger partial charge in [-0.25, -0.2) is 0 Å². The predicted molar refractivity (Wildman–Crippen MR) is 71.9 cm³/mol. The molecule has 2 aliphatic rings. The maximum atomic E-state index is 11.1. The number of hydrogen-bond donors (Lipinski definition) is 0. The number of fused-ring (bicyclic) bond motifs is 2. The normalized spacial score (nSPS) is 30.3. The number of carbonyl (C=O) groups is 1. The molecule has 112 valence electrons. The molecule has 0 saturated heterocycles. The summed E-state index contributed by atoms with van der Waals surface area (Å²) in [4.78, 5) is 21.5. The van der Waals surface area contributed by atoms with Crippen molar-refractivity contribution in [3.63, 3.8) is 0 Å². The molecule has 2 fully saturated rings. The van der Waals surface area contributed by atoms with Gasteiger partial charge in [0.05, 0.1) is 10.9 Å². The van der Waals surface area contributed by atoms with Crippen molar-refractivity contribution in [2.45, 2.75) is 38.2 Å². The van der Waals surface area contributed by atoms with E-state index < -0.39 is 16.5 Å². The summed E-state index contributed by atoms with van der Waals surface area (Å²) in [7, 11) is 0. The van der Waals surface area contributed by atoms with E-state index in [4.69, 9.17) is 4.74 Å². The standard InChI is InChI=1S/C15H17NO5/c1-15(8-9-2-4-11(15)6-9)21-13-7-10(14(17)18)3-5-12(13)16(19)20/h3,5,7,9,11H,2,4,6,8H2,1H3,(H,17,18)/p-1. The van der Waals surface area contributed by atoms with Crippen molar-refractivity contribution in [1.82, 2.24) is 0 Å². The molecule has 0 aliphatic heterocycles. The first-order chi connectivity index (χ1) is 9.89. The highest BCUT2D eigenvalue weighted by atomic mass is 16.6. The number of carboxylic acid groups (broad SMARTS) is 1. The van der Waals surface area contributed by atoms with Crippen LogP contribution in [0.2, 0.25) is 0 Å². The lowest BCUT2D eigenvalue weighted by Crippen LogP contribution is -2.38. The van der Waals surface area contributed by atoms with Crippen molar-refractivity contribution in [3.05, 3.63) is 33.9 Å². The monoisotopic (exact) mass is 290 g/mol. The highest BCUT2D eigenvalue weighted by Gasteiger charge is 2.50. The minimum atomic E-state index is -1.37. The second kappa shape index (κ2) is 4.72. The molecular formula is C15H16NO5-. The van der Waals surface area contributed by atoms with Crippen molar-refractivity contribution < 1.29 is 19.6 Å². The predicted octanol–water partition coefficient (Wildman–Crippen LogP) is 1.92. The van der Waals surface area contributed by atoms with Crippen molar-refractivity contribution in [2.24, 2.45) is 11.8 Å². The van der Waals surface area contributed by atoms with E-state index in [9.17, 15) is 20.0 Å². The van der Waals surface area contributed by atoms with Crippen molar-refractivity contribution >= 4 is 11.7 Å². The van der Waals surface area contributed by atoms with Gasteiger partial charge in [-0.1, -0.05) is 0 Å². The van der Waals surface area contributed by atoms with Gasteiger partial charge < -0.3 is 14.6 Å². The molecule has 2 bridgehead atoms. The molecule has 0 heterocycles. The topological polar surface area (TPSA) is 92.5 Å². The van der Waals surface area contributed by atoms with Crippen LogP contribution in [-0.4, -0.2) is 16.5 Å². The summed E-state index contributed by atoms with van der Waals surface area (Å²) in [5.74, 6) is -0.346. The summed E-state index contributed by atoms with van der Waals surface area (Å²) in [5.41, 5.74) is -0.760. The molecule has 21 heavy (non-hydrogen) atoms. The molecular weight excluding hydrogens is 274 g/mol. The fourth-order valence-electron chi connectivity index (χ4n) is 3.80. The summed E-state index contributed by atoms with van der Waals surface area (Å²) in [6, 6.07) is 3.53. The van der Waals surface area contributed by atoms with E-state index in [1.807, 2.05) is 6.92 Å². The van der Waals surface area contributed by atoms with E-state index in [1.54, 1.807) is 0 Å². The van der Waals surface area contributed by atoms with Crippen molar-refractivity contribution in [2.75, 3.05) is 0 Å². The number of nitro benzene ring substituents is 1. The van der Waals surface area contributed by atoms with Gasteiger partial charge in [-0.05, 0) is 56.6 Å². The third-order valence-electron chi connectivity index (χ3n) is 4.83. The minimum absolute atomic E-state index is 0.0248. The van der Waals surface area contributed by atoms with Gasteiger partial charge in [0.25, 0.3) is 0 Å². The largest absolute Gasteiger partial charge is 0.545 e. The van der Waals surface area contributed by atoms with Crippen LogP contribution in [0.15, 0.2) is 18.2 Å². The number of rotatable bonds is 4. The number of carbonyl (C=O) groups excluding carboxylic acids is 1. The molecule has 0 amide bonds. The van der Waals surface area contributed by atoms with Gasteiger partial charge >= 0.3 is 5.69 Å². The number of nitro groups is 1. The highest BCUT2D eigenvalue weighted by Crippen LogP contribution is 2.53. The quantitative estimate of drug-likeness (QED) is 0.624. The third-order valence-corrected chi connectivity index (χ3v) is 4.83. The number of hydrogen-bond acceptors (Lipinski definition) is 5. The zero-order chi connectivity index (χ0) is 15.2. The summed E-state index contributed by atoms with van der Waals surface area (Å²) >= 11 is 0. The zero-order valence-corrected chi connectivity index (χ0v) is 11.7. The zero-order valence-electron chi connectivity index (χ0n) is 11.7. The first-order valence-electron chi connectivity index (χ1n) is 7.08. The van der Waals surface area contributed by atoms with Crippen molar-refractivity contribution in [1.29, 1.82) is 0 Å². The van der Waals surface area contributed by atoms with Gasteiger partial charge in [-0.3, -0.25) is 10.1 Å². The summed E-state index contributed by atoms with van der Waals surface area (Å²) in [6.07, 6.45) is 4.20. The molecule has 3 atom stereocenters. The fourth-order valence-corrected chi connectivity index (χ4v) is 3.80. The van der Waals surface area contributed by atoms with E-state index in [1.165, 1.54) is 18.6 Å². The van der Waals surface area contributed by atoms with Gasteiger partial charge in [-0.15, -0.1) is 0 Å². The Morgan fingerprint density at radius 1 is 1.43 bits per heavy atom. The van der Waals surface area contributed by atoms with Crippen molar-refractivity contribution in [3.8, 4) is 5.75 Å². The van der Waals surface area contributed by atoms with Gasteiger partial charge in [0, 0.05) is 11.6 Å². The van der Waals surface area contributed by atoms with Crippen LogP contribution in [0.1, 0.15) is 43.0 Å². The first-order valence-corrected chi connectivity index (χ1v) is 7.08. The lowest BCUT2D eigenvalue weighted by atomic mass is 9.85. The van der Waals surface area contributed by atoms with Crippen LogP contribution in [0.25, 0.3) is 0 Å². The number of nitrogens with zero attached hydrogens (tertiary/aromatic N) is 1. The van der Waals surface area contributed by atoms with Crippen LogP contribution in [0.5, 0.6) is 5.75 Å². The Hall–Kier alpha value is -2.11. The van der Waals surface area contributed by atoms with Crippen LogP contribution in [0.4, 0.5) is 5.69 Å². The molecule has 0 spiro atoms. The van der Waals surface area contributed by atoms with Gasteiger partial charge in [0.15, 0.2) is 5.75 Å². The second-order valence-electron chi connectivity index (χ2n) is 6.22. The Labute approximate surface area is 121 Å². The molecule has 2 aliphatic carbocycles. The number of benzene rings is 1. The molecule has 1 aromatic rings. The molecule has 6 heteroatoms. The Morgan fingerprint density at radius 3 is 2.71 bits per heavy atom. The van der Waals surface area contributed by atoms with Gasteiger partial charge in [-0.2, -0.15) is 0 Å². The van der Waals surface area contributed by atoms with Crippen LogP contribution >= 0.6 is 0 Å². The lowest BCUT2D eigenvalue weighted by Gasteiger charge is -2.34. The Bertz CT molecular complexity index is 614. The van der Waals surface area contributed by atoms with E-state index >= 15 is 0 Å².